The molecule has 0 spiro atoms. The quantitative estimate of drug-likeness (QED) is 0.425. The van der Waals surface area contributed by atoms with Crippen LogP contribution in [0, 0.1) is 5.92 Å². The third kappa shape index (κ3) is 1.97. The largest absolute Gasteiger partial charge is 0.391 e. The standard InChI is InChI=1S/C9H16O5/c1-2-3-6-4-14-9(13,5-10)8(12)7(6)11/h2,6-8,10-13H,1,3-5H2/t6-,7?,8?,9-/m1/s1. The maximum absolute atomic E-state index is 9.59. The summed E-state index contributed by atoms with van der Waals surface area (Å²) in [6.45, 7) is 2.85. The molecule has 4 atom stereocenters. The molecule has 0 bridgehead atoms. The van der Waals surface area contributed by atoms with Crippen molar-refractivity contribution in [3.05, 3.63) is 12.7 Å². The van der Waals surface area contributed by atoms with Crippen molar-refractivity contribution in [2.24, 2.45) is 5.92 Å². The molecule has 0 saturated carbocycles. The lowest BCUT2D eigenvalue weighted by atomic mass is 9.88. The molecule has 1 saturated heterocycles. The first-order chi connectivity index (χ1) is 6.55. The van der Waals surface area contributed by atoms with E-state index in [2.05, 4.69) is 6.58 Å². The van der Waals surface area contributed by atoms with Gasteiger partial charge in [0, 0.05) is 5.92 Å². The molecule has 4 N–H and O–H groups in total. The van der Waals surface area contributed by atoms with E-state index >= 15 is 0 Å². The Morgan fingerprint density at radius 2 is 2.14 bits per heavy atom. The molecule has 1 fully saturated rings. The smallest absolute Gasteiger partial charge is 0.218 e. The summed E-state index contributed by atoms with van der Waals surface area (Å²) in [4.78, 5) is 0. The van der Waals surface area contributed by atoms with E-state index in [9.17, 15) is 15.3 Å². The number of hydrogen-bond acceptors (Lipinski definition) is 5. The maximum Gasteiger partial charge on any atom is 0.218 e. The fourth-order valence-corrected chi connectivity index (χ4v) is 1.52. The molecule has 1 aliphatic rings. The predicted molar refractivity (Wildman–Crippen MR) is 48.3 cm³/mol. The first-order valence-corrected chi connectivity index (χ1v) is 4.49. The third-order valence-corrected chi connectivity index (χ3v) is 2.51. The van der Waals surface area contributed by atoms with Gasteiger partial charge >= 0.3 is 0 Å². The highest BCUT2D eigenvalue weighted by atomic mass is 16.7. The summed E-state index contributed by atoms with van der Waals surface area (Å²) >= 11 is 0. The highest BCUT2D eigenvalue weighted by molar-refractivity contribution is 4.93. The summed E-state index contributed by atoms with van der Waals surface area (Å²) in [6, 6.07) is 0. The van der Waals surface area contributed by atoms with Crippen LogP contribution >= 0.6 is 0 Å². The number of ether oxygens (including phenoxy) is 1. The van der Waals surface area contributed by atoms with Crippen LogP contribution in [0.3, 0.4) is 0 Å². The van der Waals surface area contributed by atoms with Gasteiger partial charge < -0.3 is 25.2 Å². The van der Waals surface area contributed by atoms with Crippen LogP contribution < -0.4 is 0 Å². The van der Waals surface area contributed by atoms with Crippen molar-refractivity contribution in [3.8, 4) is 0 Å². The summed E-state index contributed by atoms with van der Waals surface area (Å²) in [7, 11) is 0. The number of allylic oxidation sites excluding steroid dienone is 1. The van der Waals surface area contributed by atoms with Crippen LogP contribution in [0.2, 0.25) is 0 Å². The lowest BCUT2D eigenvalue weighted by molar-refractivity contribution is -0.324. The molecule has 0 aliphatic carbocycles. The summed E-state index contributed by atoms with van der Waals surface area (Å²) in [5.41, 5.74) is 0. The monoisotopic (exact) mass is 204 g/mol. The Morgan fingerprint density at radius 1 is 1.50 bits per heavy atom. The molecule has 0 radical (unpaired) electrons. The molecule has 82 valence electrons. The van der Waals surface area contributed by atoms with Crippen molar-refractivity contribution in [1.82, 2.24) is 0 Å². The minimum atomic E-state index is -2.04. The second-order valence-corrected chi connectivity index (χ2v) is 3.53. The number of hydrogen-bond donors (Lipinski definition) is 4. The molecule has 0 aromatic carbocycles. The van der Waals surface area contributed by atoms with Gasteiger partial charge in [-0.15, -0.1) is 6.58 Å². The van der Waals surface area contributed by atoms with E-state index in [0.29, 0.717) is 6.42 Å². The number of aliphatic hydroxyl groups is 4. The highest BCUT2D eigenvalue weighted by Crippen LogP contribution is 2.28. The van der Waals surface area contributed by atoms with Crippen LogP contribution in [-0.2, 0) is 4.74 Å². The minimum absolute atomic E-state index is 0.0846. The van der Waals surface area contributed by atoms with Gasteiger partial charge in [0.2, 0.25) is 5.79 Å². The van der Waals surface area contributed by atoms with E-state index in [-0.39, 0.29) is 12.5 Å². The normalized spacial score (nSPS) is 43.6. The van der Waals surface area contributed by atoms with Crippen molar-refractivity contribution in [1.29, 1.82) is 0 Å². The fraction of sp³-hybridized carbons (Fsp3) is 0.778. The van der Waals surface area contributed by atoms with Gasteiger partial charge in [0.1, 0.15) is 6.10 Å². The Morgan fingerprint density at radius 3 is 2.64 bits per heavy atom. The Hall–Kier alpha value is -0.460. The van der Waals surface area contributed by atoms with Crippen molar-refractivity contribution < 1.29 is 25.2 Å². The van der Waals surface area contributed by atoms with E-state index in [1.165, 1.54) is 0 Å². The van der Waals surface area contributed by atoms with Gasteiger partial charge in [-0.1, -0.05) is 6.08 Å². The average Bonchev–Trinajstić information content (AvgIpc) is 2.19. The number of aliphatic hydroxyl groups excluding tert-OH is 3. The van der Waals surface area contributed by atoms with E-state index in [1.807, 2.05) is 0 Å². The molecule has 1 aliphatic heterocycles. The third-order valence-electron chi connectivity index (χ3n) is 2.51. The lowest BCUT2D eigenvalue weighted by Crippen LogP contribution is -2.60. The second-order valence-electron chi connectivity index (χ2n) is 3.53. The van der Waals surface area contributed by atoms with Crippen molar-refractivity contribution in [2.75, 3.05) is 13.2 Å². The molecule has 5 heteroatoms. The van der Waals surface area contributed by atoms with Crippen LogP contribution in [0.4, 0.5) is 0 Å². The molecule has 5 nitrogen and oxygen atoms in total. The molecule has 0 aromatic rings. The first kappa shape index (κ1) is 11.6. The van der Waals surface area contributed by atoms with Crippen LogP contribution in [0.5, 0.6) is 0 Å². The lowest BCUT2D eigenvalue weighted by Gasteiger charge is -2.42. The van der Waals surface area contributed by atoms with E-state index < -0.39 is 24.6 Å². The van der Waals surface area contributed by atoms with Crippen molar-refractivity contribution in [2.45, 2.75) is 24.4 Å². The summed E-state index contributed by atoms with van der Waals surface area (Å²) in [5, 5.41) is 37.3. The highest BCUT2D eigenvalue weighted by Gasteiger charge is 2.47. The van der Waals surface area contributed by atoms with Gasteiger partial charge in [-0.3, -0.25) is 0 Å². The number of rotatable bonds is 3. The van der Waals surface area contributed by atoms with Crippen LogP contribution in [0.15, 0.2) is 12.7 Å². The molecule has 1 rings (SSSR count). The van der Waals surface area contributed by atoms with Crippen LogP contribution in [0.1, 0.15) is 6.42 Å². The Balaban J connectivity index is 2.68. The Labute approximate surface area is 82.3 Å². The van der Waals surface area contributed by atoms with Gasteiger partial charge in [0.25, 0.3) is 0 Å². The van der Waals surface area contributed by atoms with Crippen molar-refractivity contribution in [3.63, 3.8) is 0 Å². The summed E-state index contributed by atoms with van der Waals surface area (Å²) < 4.78 is 4.91. The van der Waals surface area contributed by atoms with Gasteiger partial charge in [0.15, 0.2) is 0 Å². The molecule has 14 heavy (non-hydrogen) atoms. The summed E-state index contributed by atoms with van der Waals surface area (Å²) in [6.07, 6.45) is -0.516. The maximum atomic E-state index is 9.59. The molecular formula is C9H16O5. The van der Waals surface area contributed by atoms with Gasteiger partial charge in [-0.25, -0.2) is 0 Å². The van der Waals surface area contributed by atoms with Crippen LogP contribution in [0.25, 0.3) is 0 Å². The fourth-order valence-electron chi connectivity index (χ4n) is 1.52. The molecule has 2 unspecified atom stereocenters. The minimum Gasteiger partial charge on any atom is -0.391 e. The zero-order valence-corrected chi connectivity index (χ0v) is 7.83. The van der Waals surface area contributed by atoms with E-state index in [4.69, 9.17) is 9.84 Å². The molecule has 0 aromatic heterocycles. The van der Waals surface area contributed by atoms with E-state index in [1.54, 1.807) is 6.08 Å². The van der Waals surface area contributed by atoms with Gasteiger partial charge in [-0.05, 0) is 6.42 Å². The topological polar surface area (TPSA) is 90.2 Å². The zero-order valence-electron chi connectivity index (χ0n) is 7.83. The summed E-state index contributed by atoms with van der Waals surface area (Å²) in [5.74, 6) is -2.34. The zero-order chi connectivity index (χ0) is 10.8. The predicted octanol–water partition coefficient (Wildman–Crippen LogP) is -1.39. The van der Waals surface area contributed by atoms with Gasteiger partial charge in [-0.2, -0.15) is 0 Å². The Bertz CT molecular complexity index is 207. The molecule has 0 amide bonds. The molecule has 1 heterocycles. The Kier molecular flexibility index (Phi) is 3.63. The first-order valence-electron chi connectivity index (χ1n) is 4.49. The average molecular weight is 204 g/mol. The van der Waals surface area contributed by atoms with Crippen LogP contribution in [-0.4, -0.2) is 51.6 Å². The van der Waals surface area contributed by atoms with E-state index in [0.717, 1.165) is 0 Å². The SMILES string of the molecule is C=CC[C@@H]1CO[C@](O)(CO)C(O)C1O. The molecular weight excluding hydrogens is 188 g/mol. The van der Waals surface area contributed by atoms with Crippen molar-refractivity contribution >= 4 is 0 Å². The van der Waals surface area contributed by atoms with Gasteiger partial charge in [0.05, 0.1) is 19.3 Å². The second kappa shape index (κ2) is 4.37.